The van der Waals surface area contributed by atoms with Gasteiger partial charge < -0.3 is 14.2 Å². The molecule has 0 radical (unpaired) electrons. The molecule has 25 heavy (non-hydrogen) atoms. The van der Waals surface area contributed by atoms with Gasteiger partial charge in [0.1, 0.15) is 5.75 Å². The number of hydrogen-bond acceptors (Lipinski definition) is 6. The minimum absolute atomic E-state index is 0.0248. The Balaban J connectivity index is 1.47. The Morgan fingerprint density at radius 3 is 2.88 bits per heavy atom. The number of thiophene rings is 1. The van der Waals surface area contributed by atoms with E-state index in [-0.39, 0.29) is 11.8 Å². The standard InChI is InChI=1S/C18H17N3O3S/c1-23-14-6-4-12(5-7-14)18-19-17(20-24-18)13-9-16(22)21(10-13)11-15-3-2-8-25-15/h2-8,13H,9-11H2,1H3. The fourth-order valence-electron chi connectivity index (χ4n) is 2.94. The summed E-state index contributed by atoms with van der Waals surface area (Å²) in [7, 11) is 1.62. The van der Waals surface area contributed by atoms with Crippen LogP contribution >= 0.6 is 11.3 Å². The first-order chi connectivity index (χ1) is 12.2. The Morgan fingerprint density at radius 1 is 1.32 bits per heavy atom. The van der Waals surface area contributed by atoms with Crippen molar-refractivity contribution in [1.82, 2.24) is 15.0 Å². The smallest absolute Gasteiger partial charge is 0.257 e. The minimum Gasteiger partial charge on any atom is -0.497 e. The van der Waals surface area contributed by atoms with Crippen molar-refractivity contribution in [2.24, 2.45) is 0 Å². The third kappa shape index (κ3) is 3.28. The number of methoxy groups -OCH3 is 1. The quantitative estimate of drug-likeness (QED) is 0.702. The molecule has 0 aliphatic carbocycles. The van der Waals surface area contributed by atoms with Gasteiger partial charge in [-0.2, -0.15) is 4.98 Å². The fraction of sp³-hybridized carbons (Fsp3) is 0.278. The molecule has 1 unspecified atom stereocenters. The van der Waals surface area contributed by atoms with Gasteiger partial charge in [-0.05, 0) is 35.7 Å². The van der Waals surface area contributed by atoms with E-state index in [4.69, 9.17) is 9.26 Å². The first-order valence-corrected chi connectivity index (χ1v) is 8.89. The third-order valence-corrected chi connectivity index (χ3v) is 5.15. The van der Waals surface area contributed by atoms with Gasteiger partial charge in [0.2, 0.25) is 5.91 Å². The van der Waals surface area contributed by atoms with Crippen LogP contribution in [0.2, 0.25) is 0 Å². The Hall–Kier alpha value is -2.67. The lowest BCUT2D eigenvalue weighted by atomic mass is 10.1. The van der Waals surface area contributed by atoms with Crippen molar-refractivity contribution in [3.8, 4) is 17.2 Å². The second-order valence-electron chi connectivity index (χ2n) is 5.94. The number of rotatable bonds is 5. The monoisotopic (exact) mass is 355 g/mol. The second kappa shape index (κ2) is 6.68. The summed E-state index contributed by atoms with van der Waals surface area (Å²) in [6, 6.07) is 11.5. The largest absolute Gasteiger partial charge is 0.497 e. The van der Waals surface area contributed by atoms with E-state index in [1.807, 2.05) is 46.7 Å². The van der Waals surface area contributed by atoms with Crippen molar-refractivity contribution in [2.45, 2.75) is 18.9 Å². The molecule has 7 heteroatoms. The summed E-state index contributed by atoms with van der Waals surface area (Å²) in [6.45, 7) is 1.27. The first kappa shape index (κ1) is 15.8. The van der Waals surface area contributed by atoms with E-state index in [1.165, 1.54) is 4.88 Å². The minimum atomic E-state index is -0.0248. The van der Waals surface area contributed by atoms with E-state index in [9.17, 15) is 4.79 Å². The molecule has 1 fully saturated rings. The second-order valence-corrected chi connectivity index (χ2v) is 6.97. The summed E-state index contributed by atoms with van der Waals surface area (Å²) in [5, 5.41) is 6.11. The molecular weight excluding hydrogens is 338 g/mol. The lowest BCUT2D eigenvalue weighted by Crippen LogP contribution is -2.23. The number of hydrogen-bond donors (Lipinski definition) is 0. The molecule has 2 aromatic heterocycles. The number of carbonyl (C=O) groups is 1. The summed E-state index contributed by atoms with van der Waals surface area (Å²) in [5.74, 6) is 1.93. The van der Waals surface area contributed by atoms with E-state index in [1.54, 1.807) is 18.4 Å². The average Bonchev–Trinajstić information content (AvgIpc) is 3.37. The van der Waals surface area contributed by atoms with Gasteiger partial charge in [0.25, 0.3) is 5.89 Å². The zero-order valence-corrected chi connectivity index (χ0v) is 14.5. The van der Waals surface area contributed by atoms with Gasteiger partial charge in [0.15, 0.2) is 5.82 Å². The molecule has 3 heterocycles. The number of aromatic nitrogens is 2. The van der Waals surface area contributed by atoms with Crippen molar-refractivity contribution >= 4 is 17.2 Å². The van der Waals surface area contributed by atoms with Gasteiger partial charge in [-0.25, -0.2) is 0 Å². The number of carbonyl (C=O) groups excluding carboxylic acids is 1. The van der Waals surface area contributed by atoms with E-state index in [0.29, 0.717) is 31.2 Å². The van der Waals surface area contributed by atoms with E-state index in [0.717, 1.165) is 11.3 Å². The highest BCUT2D eigenvalue weighted by Crippen LogP contribution is 2.30. The predicted octanol–water partition coefficient (Wildman–Crippen LogP) is 3.32. The molecule has 128 valence electrons. The summed E-state index contributed by atoms with van der Waals surface area (Å²) >= 11 is 1.66. The molecule has 3 aromatic rings. The van der Waals surface area contributed by atoms with Crippen molar-refractivity contribution in [3.05, 3.63) is 52.5 Å². The molecule has 0 bridgehead atoms. The third-order valence-electron chi connectivity index (χ3n) is 4.29. The molecule has 0 N–H and O–H groups in total. The van der Waals surface area contributed by atoms with Gasteiger partial charge in [-0.15, -0.1) is 11.3 Å². The topological polar surface area (TPSA) is 68.5 Å². The van der Waals surface area contributed by atoms with Crippen LogP contribution in [-0.4, -0.2) is 34.6 Å². The zero-order chi connectivity index (χ0) is 17.2. The molecule has 1 amide bonds. The van der Waals surface area contributed by atoms with Gasteiger partial charge in [0.05, 0.1) is 13.7 Å². The molecule has 1 atom stereocenters. The number of amides is 1. The maximum Gasteiger partial charge on any atom is 0.257 e. The highest BCUT2D eigenvalue weighted by atomic mass is 32.1. The maximum atomic E-state index is 12.3. The zero-order valence-electron chi connectivity index (χ0n) is 13.7. The van der Waals surface area contributed by atoms with Crippen LogP contribution in [0, 0.1) is 0 Å². The van der Waals surface area contributed by atoms with Crippen molar-refractivity contribution in [2.75, 3.05) is 13.7 Å². The van der Waals surface area contributed by atoms with E-state index < -0.39 is 0 Å². The molecule has 1 saturated heterocycles. The van der Waals surface area contributed by atoms with Crippen molar-refractivity contribution in [3.63, 3.8) is 0 Å². The number of benzene rings is 1. The lowest BCUT2D eigenvalue weighted by Gasteiger charge is -2.14. The van der Waals surface area contributed by atoms with Crippen LogP contribution < -0.4 is 4.74 Å². The predicted molar refractivity (Wildman–Crippen MR) is 93.4 cm³/mol. The molecule has 4 rings (SSSR count). The molecule has 0 saturated carbocycles. The Bertz CT molecular complexity index is 858. The molecule has 0 spiro atoms. The number of ether oxygens (including phenoxy) is 1. The van der Waals surface area contributed by atoms with Crippen LogP contribution in [0.3, 0.4) is 0 Å². The van der Waals surface area contributed by atoms with Crippen molar-refractivity contribution in [1.29, 1.82) is 0 Å². The van der Waals surface area contributed by atoms with Crippen LogP contribution in [0.5, 0.6) is 5.75 Å². The number of nitrogens with zero attached hydrogens (tertiary/aromatic N) is 3. The van der Waals surface area contributed by atoms with Crippen LogP contribution in [0.25, 0.3) is 11.5 Å². The van der Waals surface area contributed by atoms with E-state index >= 15 is 0 Å². The summed E-state index contributed by atoms with van der Waals surface area (Å²) in [4.78, 5) is 19.8. The molecule has 6 nitrogen and oxygen atoms in total. The Labute approximate surface area is 149 Å². The summed E-state index contributed by atoms with van der Waals surface area (Å²) < 4.78 is 10.5. The Morgan fingerprint density at radius 2 is 2.16 bits per heavy atom. The number of likely N-dealkylation sites (tertiary alicyclic amines) is 1. The molecule has 1 aliphatic heterocycles. The lowest BCUT2D eigenvalue weighted by molar-refractivity contribution is -0.128. The van der Waals surface area contributed by atoms with Gasteiger partial charge in [-0.3, -0.25) is 4.79 Å². The van der Waals surface area contributed by atoms with Crippen LogP contribution in [0.4, 0.5) is 0 Å². The summed E-state index contributed by atoms with van der Waals surface area (Å²) in [6.07, 6.45) is 0.424. The fourth-order valence-corrected chi connectivity index (χ4v) is 3.66. The first-order valence-electron chi connectivity index (χ1n) is 8.01. The van der Waals surface area contributed by atoms with Crippen LogP contribution in [0.15, 0.2) is 46.3 Å². The summed E-state index contributed by atoms with van der Waals surface area (Å²) in [5.41, 5.74) is 0.833. The highest BCUT2D eigenvalue weighted by Gasteiger charge is 2.33. The molecule has 1 aromatic carbocycles. The normalized spacial score (nSPS) is 17.2. The average molecular weight is 355 g/mol. The maximum absolute atomic E-state index is 12.3. The van der Waals surface area contributed by atoms with Gasteiger partial charge in [-0.1, -0.05) is 11.2 Å². The van der Waals surface area contributed by atoms with Gasteiger partial charge >= 0.3 is 0 Å². The Kier molecular flexibility index (Phi) is 4.23. The molecule has 1 aliphatic rings. The van der Waals surface area contributed by atoms with Crippen molar-refractivity contribution < 1.29 is 14.1 Å². The SMILES string of the molecule is COc1ccc(-c2nc(C3CC(=O)N(Cc4cccs4)C3)no2)cc1. The highest BCUT2D eigenvalue weighted by molar-refractivity contribution is 7.09. The van der Waals surface area contributed by atoms with Gasteiger partial charge in [0, 0.05) is 29.3 Å². The molecular formula is C18H17N3O3S. The van der Waals surface area contributed by atoms with Crippen LogP contribution in [-0.2, 0) is 11.3 Å². The van der Waals surface area contributed by atoms with E-state index in [2.05, 4.69) is 10.1 Å². The van der Waals surface area contributed by atoms with Crippen LogP contribution in [0.1, 0.15) is 23.0 Å².